The van der Waals surface area contributed by atoms with E-state index in [2.05, 4.69) is 29.9 Å². The molecule has 7 rings (SSSR count). The number of aromatic nitrogens is 6. The van der Waals surface area contributed by atoms with Gasteiger partial charge in [-0.2, -0.15) is 0 Å². The van der Waals surface area contributed by atoms with E-state index < -0.39 is 6.16 Å². The molecule has 1 aliphatic rings. The maximum atomic E-state index is 8.33. The van der Waals surface area contributed by atoms with Gasteiger partial charge in [0.1, 0.15) is 0 Å². The third-order valence-electron chi connectivity index (χ3n) is 5.78. The zero-order chi connectivity index (χ0) is 37.2. The van der Waals surface area contributed by atoms with Gasteiger partial charge in [0.2, 0.25) is 0 Å². The maximum absolute atomic E-state index is 8.33. The molecule has 274 valence electrons. The molecule has 10 nitrogen and oxygen atoms in total. The van der Waals surface area contributed by atoms with E-state index in [-0.39, 0.29) is 39.0 Å². The maximum Gasteiger partial charge on any atom is 2.00 e. The first-order chi connectivity index (χ1) is 26.0. The molecule has 0 radical (unpaired) electrons. The summed E-state index contributed by atoms with van der Waals surface area (Å²) in [6.07, 6.45) is 11.0. The van der Waals surface area contributed by atoms with Crippen LogP contribution in [0.15, 0.2) is 177 Å². The van der Waals surface area contributed by atoms with Crippen LogP contribution < -0.4 is 10.2 Å². The summed E-state index contributed by atoms with van der Waals surface area (Å²) in [5.74, 6) is 0. The first kappa shape index (κ1) is 48.6. The van der Waals surface area contributed by atoms with Gasteiger partial charge in [-0.15, -0.1) is 7.83 Å². The predicted octanol–water partition coefficient (Wildman–Crippen LogP) is 8.34. The van der Waals surface area contributed by atoms with Gasteiger partial charge in [0.05, 0.1) is 30.2 Å². The van der Waals surface area contributed by atoms with Crippen LogP contribution in [-0.4, -0.2) is 49.3 Å². The number of carbonyl (C=O) groups excluding carboxylic acids is 1. The van der Waals surface area contributed by atoms with Crippen molar-refractivity contribution in [2.24, 2.45) is 0 Å². The summed E-state index contributed by atoms with van der Waals surface area (Å²) in [7, 11) is 0. The van der Waals surface area contributed by atoms with E-state index >= 15 is 0 Å². The molecule has 0 amide bonds. The molecular weight excluding hydrogens is 916 g/mol. The summed E-state index contributed by atoms with van der Waals surface area (Å²) in [4.78, 5) is 34.6. The third kappa shape index (κ3) is 22.7. The normalized spacial score (nSPS) is 11.2. The van der Waals surface area contributed by atoms with Crippen molar-refractivity contribution in [3.8, 4) is 0 Å². The van der Waals surface area contributed by atoms with Gasteiger partial charge >= 0.3 is 39.0 Å². The van der Waals surface area contributed by atoms with Crippen molar-refractivity contribution in [1.82, 2.24) is 29.9 Å². The Kier molecular flexibility index (Phi) is 27.0. The van der Waals surface area contributed by atoms with Crippen molar-refractivity contribution in [3.05, 3.63) is 154 Å². The number of pyridine rings is 6. The van der Waals surface area contributed by atoms with Crippen LogP contribution >= 0.6 is 70.6 Å². The smallest absolute Gasteiger partial charge is 0.652 e. The van der Waals surface area contributed by atoms with Gasteiger partial charge in [0.25, 0.3) is 0 Å². The van der Waals surface area contributed by atoms with Crippen molar-refractivity contribution < 1.29 is 58.7 Å². The topological polar surface area (TPSA) is 150 Å². The Labute approximate surface area is 372 Å². The van der Waals surface area contributed by atoms with E-state index in [0.29, 0.717) is 0 Å². The molecule has 0 aliphatic carbocycles. The molecule has 0 spiro atoms. The van der Waals surface area contributed by atoms with Gasteiger partial charge in [-0.1, -0.05) is 36.4 Å². The molecule has 0 bridgehead atoms. The Hall–Kier alpha value is -2.52. The molecule has 0 saturated carbocycles. The summed E-state index contributed by atoms with van der Waals surface area (Å²) < 4.78 is 7.19. The van der Waals surface area contributed by atoms with Gasteiger partial charge in [0.15, 0.2) is 0 Å². The van der Waals surface area contributed by atoms with Crippen molar-refractivity contribution in [2.75, 3.05) is 13.2 Å². The first-order valence-electron chi connectivity index (χ1n) is 15.8. The Bertz CT molecular complexity index is 1490. The SMILES string of the molecule is C1CCOC1.O=C([O-])[O-].[Zn+2].[Zn+2].c1ccc(S[C-](Sc2ccccn2)Sc2ccccn2)nc1.c1ccc(S[C-](Sc2ccccn2)Sc2ccccn2)nc1. The van der Waals surface area contributed by atoms with Crippen molar-refractivity contribution in [3.63, 3.8) is 0 Å². The second kappa shape index (κ2) is 30.6. The minimum Gasteiger partial charge on any atom is -0.652 e. The van der Waals surface area contributed by atoms with E-state index in [1.165, 1.54) is 12.8 Å². The number of carbonyl (C=O) groups is 1. The van der Waals surface area contributed by atoms with Gasteiger partial charge in [0, 0.05) is 50.4 Å². The van der Waals surface area contributed by atoms with Crippen molar-refractivity contribution in [1.29, 1.82) is 0 Å². The number of nitrogens with zero attached hydrogens (tertiary/aromatic N) is 6. The Morgan fingerprint density at radius 1 is 0.436 bits per heavy atom. The summed E-state index contributed by atoms with van der Waals surface area (Å²) in [5.41, 5.74) is 0. The van der Waals surface area contributed by atoms with Crippen LogP contribution in [0.2, 0.25) is 0 Å². The molecule has 0 N–H and O–H groups in total. The number of ether oxygens (including phenoxy) is 1. The molecule has 1 fully saturated rings. The average Bonchev–Trinajstić information content (AvgIpc) is 3.78. The minimum atomic E-state index is -2.33. The summed E-state index contributed by atoms with van der Waals surface area (Å²) in [5, 5.41) is 22.4. The fourth-order valence-corrected chi connectivity index (χ4v) is 10.3. The first-order valence-corrected chi connectivity index (χ1v) is 20.7. The number of rotatable bonds is 12. The fourth-order valence-electron chi connectivity index (χ4n) is 3.59. The Morgan fingerprint density at radius 3 is 0.764 bits per heavy atom. The summed E-state index contributed by atoms with van der Waals surface area (Å²) in [6.45, 7) is 2.00. The summed E-state index contributed by atoms with van der Waals surface area (Å²) in [6, 6.07) is 35.5. The molecule has 0 atom stereocenters. The van der Waals surface area contributed by atoms with E-state index in [4.69, 9.17) is 19.7 Å². The zero-order valence-corrected chi connectivity index (χ0v) is 40.2. The summed E-state index contributed by atoms with van der Waals surface area (Å²) >= 11 is 9.78. The Balaban J connectivity index is 0.000000301. The third-order valence-corrected chi connectivity index (χ3v) is 12.5. The van der Waals surface area contributed by atoms with Crippen LogP contribution in [0.25, 0.3) is 0 Å². The average molecular weight is 948 g/mol. The number of hydrogen-bond donors (Lipinski definition) is 0. The predicted molar refractivity (Wildman–Crippen MR) is 212 cm³/mol. The monoisotopic (exact) mass is 944 g/mol. The molecule has 6 aromatic heterocycles. The van der Waals surface area contributed by atoms with E-state index in [9.17, 15) is 0 Å². The molecule has 55 heavy (non-hydrogen) atoms. The van der Waals surface area contributed by atoms with Crippen molar-refractivity contribution in [2.45, 2.75) is 43.0 Å². The second-order valence-corrected chi connectivity index (χ2v) is 17.4. The number of hydrogen-bond acceptors (Lipinski definition) is 16. The van der Waals surface area contributed by atoms with Gasteiger partial charge in [-0.05, 0) is 91.8 Å². The molecule has 7 heterocycles. The molecular formula is C37H32N6O4S6Zn2. The quantitative estimate of drug-likeness (QED) is 0.0657. The van der Waals surface area contributed by atoms with Gasteiger partial charge in [-0.3, -0.25) is 100 Å². The minimum absolute atomic E-state index is 0. The molecule has 0 unspecified atom stereocenters. The Morgan fingerprint density at radius 2 is 0.636 bits per heavy atom. The van der Waals surface area contributed by atoms with E-state index in [0.717, 1.165) is 51.2 Å². The molecule has 0 aromatic carbocycles. The van der Waals surface area contributed by atoms with E-state index in [1.54, 1.807) is 108 Å². The molecule has 18 heteroatoms. The van der Waals surface area contributed by atoms with Crippen molar-refractivity contribution >= 4 is 76.7 Å². The largest absolute Gasteiger partial charge is 2.00 e. The molecule has 6 aromatic rings. The van der Waals surface area contributed by atoms with Crippen LogP contribution in [0, 0.1) is 7.83 Å². The van der Waals surface area contributed by atoms with Gasteiger partial charge < -0.3 is 19.7 Å². The van der Waals surface area contributed by atoms with Gasteiger partial charge in [-0.25, -0.2) is 0 Å². The van der Waals surface area contributed by atoms with E-state index in [1.807, 2.05) is 109 Å². The molecule has 1 saturated heterocycles. The van der Waals surface area contributed by atoms with Crippen LogP contribution in [0.3, 0.4) is 0 Å². The zero-order valence-electron chi connectivity index (χ0n) is 29.4. The van der Waals surface area contributed by atoms with Crippen LogP contribution in [0.5, 0.6) is 0 Å². The fraction of sp³-hybridized carbons (Fsp3) is 0.108. The van der Waals surface area contributed by atoms with Crippen LogP contribution in [-0.2, 0) is 43.7 Å². The van der Waals surface area contributed by atoms with Crippen LogP contribution in [0.1, 0.15) is 12.8 Å². The number of carboxylic acid groups (broad SMARTS) is 2. The standard InChI is InChI=1S/2C16H12N3S3.C4H8O.CH2O3.2Zn/c2*1-4-10-17-13(7-1)20-16(21-14-8-2-5-11-18-14)22-15-9-3-6-12-19-15;1-2-4-5-3-1;2-1(3)4;;/h2*1-12H;1-4H2;(H2,2,3,4);;/q2*-1;;;2*+2/p-2. The van der Waals surface area contributed by atoms with Crippen LogP contribution in [0.4, 0.5) is 4.79 Å². The molecule has 1 aliphatic heterocycles. The number of thioether (sulfide) groups is 6. The second-order valence-electron chi connectivity index (χ2n) is 9.69.